The number of phenolic OH excluding ortho intramolecular Hbond substituents is 2. The molecule has 0 saturated heterocycles. The third-order valence-corrected chi connectivity index (χ3v) is 3.50. The fourth-order valence-electron chi connectivity index (χ4n) is 2.05. The van der Waals surface area contributed by atoms with Crippen LogP contribution in [0.15, 0.2) is 69.0 Å². The summed E-state index contributed by atoms with van der Waals surface area (Å²) in [7, 11) is 1.49. The Balaban J connectivity index is 0.000000318. The van der Waals surface area contributed by atoms with E-state index in [2.05, 4.69) is 9.41 Å². The Hall–Kier alpha value is -3.40. The molecular formula is C20H19NO8V. The van der Waals surface area contributed by atoms with Crippen LogP contribution >= 0.6 is 0 Å². The van der Waals surface area contributed by atoms with Gasteiger partial charge in [0.2, 0.25) is 5.43 Å². The van der Waals surface area contributed by atoms with E-state index in [9.17, 15) is 15.0 Å². The van der Waals surface area contributed by atoms with E-state index in [0.29, 0.717) is 17.0 Å². The van der Waals surface area contributed by atoms with Gasteiger partial charge in [-0.3, -0.25) is 9.79 Å². The zero-order chi connectivity index (χ0) is 22.5. The first-order valence-electron chi connectivity index (χ1n) is 8.24. The Morgan fingerprint density at radius 3 is 2.37 bits per heavy atom. The summed E-state index contributed by atoms with van der Waals surface area (Å²) < 4.78 is 17.8. The van der Waals surface area contributed by atoms with Gasteiger partial charge in [0.1, 0.15) is 30.1 Å². The number of aromatic hydroxyl groups is 3. The van der Waals surface area contributed by atoms with Gasteiger partial charge in [-0.15, -0.1) is 0 Å². The topological polar surface area (TPSA) is 150 Å². The SMILES string of the molecule is COc1cccc(C=Nc2ccccc2O)c1O.O=c1cc(CO)occ1O.[O]=[V]. The number of methoxy groups -OCH3 is 1. The molecule has 4 N–H and O–H groups in total. The number of para-hydroxylation sites is 3. The van der Waals surface area contributed by atoms with Crippen LogP contribution in [0.5, 0.6) is 23.0 Å². The predicted octanol–water partition coefficient (Wildman–Crippen LogP) is 2.57. The van der Waals surface area contributed by atoms with Crippen LogP contribution in [0.25, 0.3) is 0 Å². The zero-order valence-electron chi connectivity index (χ0n) is 15.8. The molecule has 0 aliphatic heterocycles. The summed E-state index contributed by atoms with van der Waals surface area (Å²) in [6, 6.07) is 12.9. The first kappa shape index (κ1) is 24.6. The van der Waals surface area contributed by atoms with Crippen molar-refractivity contribution in [2.24, 2.45) is 4.99 Å². The Morgan fingerprint density at radius 2 is 1.77 bits per heavy atom. The van der Waals surface area contributed by atoms with Gasteiger partial charge in [-0.1, -0.05) is 18.2 Å². The molecule has 1 aromatic heterocycles. The van der Waals surface area contributed by atoms with Gasteiger partial charge in [-0.05, 0) is 24.3 Å². The Morgan fingerprint density at radius 1 is 1.07 bits per heavy atom. The summed E-state index contributed by atoms with van der Waals surface area (Å²) in [4.78, 5) is 14.7. The summed E-state index contributed by atoms with van der Waals surface area (Å²) >= 11 is 1.06. The van der Waals surface area contributed by atoms with Crippen LogP contribution in [0.3, 0.4) is 0 Å². The molecule has 9 nitrogen and oxygen atoms in total. The molecule has 0 bridgehead atoms. The number of aliphatic imine (C=N–C) groups is 1. The third kappa shape index (κ3) is 7.21. The minimum atomic E-state index is -0.546. The maximum atomic E-state index is 10.6. The van der Waals surface area contributed by atoms with Crippen LogP contribution in [0, 0.1) is 0 Å². The van der Waals surface area contributed by atoms with Crippen LogP contribution in [0.4, 0.5) is 5.69 Å². The van der Waals surface area contributed by atoms with Gasteiger partial charge < -0.3 is 29.6 Å². The second-order valence-corrected chi connectivity index (χ2v) is 5.40. The van der Waals surface area contributed by atoms with Crippen molar-refractivity contribution in [3.63, 3.8) is 0 Å². The quantitative estimate of drug-likeness (QED) is 0.441. The molecule has 0 aliphatic rings. The van der Waals surface area contributed by atoms with Crippen LogP contribution in [-0.2, 0) is 27.6 Å². The van der Waals surface area contributed by atoms with E-state index in [4.69, 9.17) is 18.6 Å². The molecule has 3 rings (SSSR count). The van der Waals surface area contributed by atoms with E-state index in [1.165, 1.54) is 13.3 Å². The van der Waals surface area contributed by atoms with Crippen LogP contribution in [0.1, 0.15) is 11.3 Å². The summed E-state index contributed by atoms with van der Waals surface area (Å²) in [5, 5.41) is 36.5. The van der Waals surface area contributed by atoms with E-state index in [-0.39, 0.29) is 23.9 Å². The fourth-order valence-corrected chi connectivity index (χ4v) is 2.05. The molecule has 157 valence electrons. The van der Waals surface area contributed by atoms with Crippen molar-refractivity contribution in [1.82, 2.24) is 0 Å². The second-order valence-electron chi connectivity index (χ2n) is 5.40. The molecule has 0 aliphatic carbocycles. The van der Waals surface area contributed by atoms with Gasteiger partial charge in [-0.2, -0.15) is 0 Å². The number of aliphatic hydroxyl groups excluding tert-OH is 1. The first-order chi connectivity index (χ1) is 14.5. The second kappa shape index (κ2) is 12.9. The Kier molecular flexibility index (Phi) is 10.6. The molecular weight excluding hydrogens is 433 g/mol. The molecule has 2 aromatic carbocycles. The number of rotatable bonds is 4. The van der Waals surface area contributed by atoms with Crippen molar-refractivity contribution in [3.05, 3.63) is 76.3 Å². The molecule has 10 heteroatoms. The summed E-state index contributed by atoms with van der Waals surface area (Å²) in [5.74, 6) is 0.201. The average Bonchev–Trinajstić information content (AvgIpc) is 2.78. The first-order valence-corrected chi connectivity index (χ1v) is 8.81. The molecule has 1 heterocycles. The van der Waals surface area contributed by atoms with E-state index < -0.39 is 11.2 Å². The monoisotopic (exact) mass is 452 g/mol. The molecule has 3 aromatic rings. The van der Waals surface area contributed by atoms with Gasteiger partial charge >= 0.3 is 21.0 Å². The number of aliphatic hydroxyl groups is 1. The van der Waals surface area contributed by atoms with Gasteiger partial charge in [0.05, 0.1) is 7.11 Å². The van der Waals surface area contributed by atoms with Crippen molar-refractivity contribution < 1.29 is 50.6 Å². The van der Waals surface area contributed by atoms with Crippen LogP contribution in [-0.4, -0.2) is 33.8 Å². The van der Waals surface area contributed by atoms with Crippen molar-refractivity contribution in [2.45, 2.75) is 6.61 Å². The van der Waals surface area contributed by atoms with Gasteiger partial charge in [0.25, 0.3) is 0 Å². The van der Waals surface area contributed by atoms with Gasteiger partial charge in [-0.25, -0.2) is 0 Å². The molecule has 0 spiro atoms. The van der Waals surface area contributed by atoms with Crippen molar-refractivity contribution in [3.8, 4) is 23.0 Å². The Bertz CT molecular complexity index is 1040. The minimum absolute atomic E-state index is 0.0270. The van der Waals surface area contributed by atoms with E-state index in [0.717, 1.165) is 29.7 Å². The molecule has 30 heavy (non-hydrogen) atoms. The standard InChI is InChI=1S/C14H13NO3.C6H6O4.O.V/c1-18-13-8-4-5-10(14(13)17)9-15-11-6-2-3-7-12(11)16;7-2-4-1-5(8)6(9)3-10-4;;/h2-9,16-17H,1H3;1,3,7,9H,2H2;;. The number of ether oxygens (including phenoxy) is 1. The molecule has 0 saturated carbocycles. The van der Waals surface area contributed by atoms with E-state index in [1.807, 2.05) is 0 Å². The van der Waals surface area contributed by atoms with Crippen molar-refractivity contribution in [2.75, 3.05) is 7.11 Å². The maximum absolute atomic E-state index is 10.6. The molecule has 0 unspecified atom stereocenters. The zero-order valence-corrected chi connectivity index (χ0v) is 17.2. The van der Waals surface area contributed by atoms with Gasteiger partial charge in [0, 0.05) is 17.8 Å². The number of hydrogen-bond acceptors (Lipinski definition) is 9. The van der Waals surface area contributed by atoms with Crippen LogP contribution in [0.2, 0.25) is 0 Å². The van der Waals surface area contributed by atoms with Crippen LogP contribution < -0.4 is 10.2 Å². The summed E-state index contributed by atoms with van der Waals surface area (Å²) in [5.41, 5.74) is 0.424. The fraction of sp³-hybridized carbons (Fsp3) is 0.100. The van der Waals surface area contributed by atoms with Gasteiger partial charge in [0.15, 0.2) is 17.2 Å². The Labute approximate surface area is 180 Å². The molecule has 0 amide bonds. The number of benzene rings is 2. The summed E-state index contributed by atoms with van der Waals surface area (Å²) in [6.45, 7) is -0.338. The number of hydrogen-bond donors (Lipinski definition) is 4. The van der Waals surface area contributed by atoms with Crippen molar-refractivity contribution >= 4 is 11.9 Å². The molecule has 0 fully saturated rings. The summed E-state index contributed by atoms with van der Waals surface area (Å²) in [6.07, 6.45) is 2.38. The number of nitrogens with zero attached hydrogens (tertiary/aromatic N) is 1. The average molecular weight is 452 g/mol. The van der Waals surface area contributed by atoms with E-state index in [1.54, 1.807) is 42.5 Å². The van der Waals surface area contributed by atoms with E-state index >= 15 is 0 Å². The normalized spacial score (nSPS) is 9.77. The third-order valence-electron chi connectivity index (χ3n) is 3.50. The molecule has 0 atom stereocenters. The number of phenols is 2. The molecule has 0 radical (unpaired) electrons. The predicted molar refractivity (Wildman–Crippen MR) is 103 cm³/mol. The van der Waals surface area contributed by atoms with Crippen molar-refractivity contribution in [1.29, 1.82) is 0 Å².